The molecule has 4 rings (SSSR count). The van der Waals surface area contributed by atoms with E-state index in [0.717, 1.165) is 27.6 Å². The Balaban J connectivity index is 1.60. The Hall–Kier alpha value is -4.98. The number of hydrogen-bond donors (Lipinski definition) is 3. The monoisotopic (exact) mass is 629 g/mol. The molecule has 2 amide bonds. The fourth-order valence-electron chi connectivity index (χ4n) is 5.21. The molecule has 1 aliphatic heterocycles. The van der Waals surface area contributed by atoms with Gasteiger partial charge in [-0.3, -0.25) is 0 Å². The van der Waals surface area contributed by atoms with Crippen molar-refractivity contribution in [3.05, 3.63) is 71.4 Å². The highest BCUT2D eigenvalue weighted by Crippen LogP contribution is 2.29. The zero-order valence-corrected chi connectivity index (χ0v) is 27.5. The number of nitriles is 1. The molecular formula is C35H43N5O6. The number of carbonyl (C=O) groups is 3. The van der Waals surface area contributed by atoms with Crippen LogP contribution in [0.15, 0.2) is 54.7 Å². The molecular weight excluding hydrogens is 586 g/mol. The molecule has 0 spiro atoms. The number of nitrogens with one attached hydrogen (secondary N) is 3. The molecule has 11 nitrogen and oxygen atoms in total. The van der Waals surface area contributed by atoms with E-state index in [1.54, 1.807) is 37.8 Å². The summed E-state index contributed by atoms with van der Waals surface area (Å²) < 4.78 is 16.1. The number of aromatic nitrogens is 1. The average Bonchev–Trinajstić information content (AvgIpc) is 3.40. The predicted molar refractivity (Wildman–Crippen MR) is 176 cm³/mol. The lowest BCUT2D eigenvalue weighted by atomic mass is 9.96. The average molecular weight is 630 g/mol. The molecule has 0 saturated heterocycles. The zero-order valence-electron chi connectivity index (χ0n) is 27.5. The van der Waals surface area contributed by atoms with Gasteiger partial charge in [0.1, 0.15) is 17.2 Å². The largest absolute Gasteiger partial charge is 0.465 e. The van der Waals surface area contributed by atoms with Crippen molar-refractivity contribution in [2.75, 3.05) is 25.5 Å². The molecule has 2 aromatic carbocycles. The molecule has 1 aliphatic rings. The summed E-state index contributed by atoms with van der Waals surface area (Å²) in [5.74, 6) is -0.582. The fourth-order valence-corrected chi connectivity index (χ4v) is 5.21. The second kappa shape index (κ2) is 14.0. The van der Waals surface area contributed by atoms with Crippen LogP contribution < -0.4 is 10.6 Å². The van der Waals surface area contributed by atoms with Crippen molar-refractivity contribution in [3.8, 4) is 6.07 Å². The molecule has 0 fully saturated rings. The molecule has 3 N–H and O–H groups in total. The molecule has 46 heavy (non-hydrogen) atoms. The Bertz CT molecular complexity index is 1660. The Labute approximate surface area is 269 Å². The van der Waals surface area contributed by atoms with E-state index in [1.807, 2.05) is 63.4 Å². The number of rotatable bonds is 8. The number of fused-ring (bicyclic) bond motifs is 1. The molecule has 0 bridgehead atoms. The summed E-state index contributed by atoms with van der Waals surface area (Å²) in [4.78, 5) is 43.3. The van der Waals surface area contributed by atoms with E-state index in [9.17, 15) is 19.6 Å². The van der Waals surface area contributed by atoms with Crippen LogP contribution in [0.1, 0.15) is 69.4 Å². The predicted octanol–water partition coefficient (Wildman–Crippen LogP) is 6.42. The summed E-state index contributed by atoms with van der Waals surface area (Å²) in [6.07, 6.45) is 3.65. The maximum absolute atomic E-state index is 13.0. The fraction of sp³-hybridized carbons (Fsp3) is 0.429. The van der Waals surface area contributed by atoms with Crippen LogP contribution in [-0.4, -0.2) is 71.5 Å². The summed E-state index contributed by atoms with van der Waals surface area (Å²) in [5, 5.41) is 17.4. The van der Waals surface area contributed by atoms with Gasteiger partial charge in [-0.15, -0.1) is 0 Å². The number of aromatic amines is 1. The van der Waals surface area contributed by atoms with Gasteiger partial charge in [-0.1, -0.05) is 30.3 Å². The Morgan fingerprint density at radius 3 is 2.39 bits per heavy atom. The first-order valence-electron chi connectivity index (χ1n) is 15.3. The minimum absolute atomic E-state index is 0.235. The summed E-state index contributed by atoms with van der Waals surface area (Å²) in [6.45, 7) is 11.6. The normalized spacial score (nSPS) is 14.8. The van der Waals surface area contributed by atoms with E-state index in [4.69, 9.17) is 14.2 Å². The van der Waals surface area contributed by atoms with Crippen LogP contribution in [0.4, 0.5) is 15.3 Å². The summed E-state index contributed by atoms with van der Waals surface area (Å²) >= 11 is 0. The van der Waals surface area contributed by atoms with Gasteiger partial charge in [0, 0.05) is 35.9 Å². The lowest BCUT2D eigenvalue weighted by Gasteiger charge is -2.30. The first-order valence-corrected chi connectivity index (χ1v) is 15.3. The minimum Gasteiger partial charge on any atom is -0.465 e. The van der Waals surface area contributed by atoms with Crippen molar-refractivity contribution in [1.29, 1.82) is 5.26 Å². The maximum Gasteiger partial charge on any atom is 0.410 e. The topological polar surface area (TPSA) is 146 Å². The van der Waals surface area contributed by atoms with Crippen LogP contribution in [0.2, 0.25) is 0 Å². The number of anilines is 1. The van der Waals surface area contributed by atoms with Crippen LogP contribution in [-0.2, 0) is 20.6 Å². The quantitative estimate of drug-likeness (QED) is 0.191. The molecule has 2 atom stereocenters. The van der Waals surface area contributed by atoms with Crippen molar-refractivity contribution in [2.24, 2.45) is 0 Å². The SMILES string of the molecule is COC(=O)c1cc(C2=CCN(C(=O)OC(C)(C)C)CC2)ccc1NC(C#N)[C@H](Cc1c[nH]c2ccccc12)NC(=O)OC(C)(C)C. The number of esters is 1. The highest BCUT2D eigenvalue weighted by atomic mass is 16.6. The van der Waals surface area contributed by atoms with Gasteiger partial charge in [0.05, 0.1) is 24.8 Å². The number of benzene rings is 2. The number of ether oxygens (including phenoxy) is 3. The molecule has 11 heteroatoms. The number of para-hydroxylation sites is 1. The number of alkyl carbamates (subject to hydrolysis) is 1. The van der Waals surface area contributed by atoms with E-state index in [1.165, 1.54) is 7.11 Å². The summed E-state index contributed by atoms with van der Waals surface area (Å²) in [6, 6.07) is 13.7. The van der Waals surface area contributed by atoms with Crippen molar-refractivity contribution < 1.29 is 28.6 Å². The van der Waals surface area contributed by atoms with Crippen LogP contribution in [0.3, 0.4) is 0 Å². The van der Waals surface area contributed by atoms with Crippen LogP contribution in [0.25, 0.3) is 16.5 Å². The number of H-pyrrole nitrogens is 1. The Morgan fingerprint density at radius 1 is 1.04 bits per heavy atom. The highest BCUT2D eigenvalue weighted by Gasteiger charge is 2.29. The van der Waals surface area contributed by atoms with Crippen LogP contribution in [0, 0.1) is 11.3 Å². The zero-order chi connectivity index (χ0) is 33.6. The first-order chi connectivity index (χ1) is 21.7. The van der Waals surface area contributed by atoms with E-state index in [2.05, 4.69) is 21.7 Å². The van der Waals surface area contributed by atoms with Crippen LogP contribution >= 0.6 is 0 Å². The van der Waals surface area contributed by atoms with Crippen molar-refractivity contribution in [1.82, 2.24) is 15.2 Å². The molecule has 0 saturated carbocycles. The van der Waals surface area contributed by atoms with E-state index in [-0.39, 0.29) is 11.7 Å². The minimum atomic E-state index is -0.952. The molecule has 0 aliphatic carbocycles. The molecule has 2 heterocycles. The van der Waals surface area contributed by atoms with Gasteiger partial charge >= 0.3 is 18.2 Å². The molecule has 244 valence electrons. The third-order valence-electron chi connectivity index (χ3n) is 7.33. The number of nitrogens with zero attached hydrogens (tertiary/aromatic N) is 2. The highest BCUT2D eigenvalue weighted by molar-refractivity contribution is 5.97. The van der Waals surface area contributed by atoms with Crippen LogP contribution in [0.5, 0.6) is 0 Å². The maximum atomic E-state index is 13.0. The van der Waals surface area contributed by atoms with Gasteiger partial charge in [0.2, 0.25) is 0 Å². The Morgan fingerprint density at radius 2 is 1.76 bits per heavy atom. The summed E-state index contributed by atoms with van der Waals surface area (Å²) in [5.41, 5.74) is 2.90. The van der Waals surface area contributed by atoms with E-state index >= 15 is 0 Å². The lowest BCUT2D eigenvalue weighted by Crippen LogP contribution is -2.49. The van der Waals surface area contributed by atoms with E-state index in [0.29, 0.717) is 31.6 Å². The molecule has 1 aromatic heterocycles. The van der Waals surface area contributed by atoms with E-state index < -0.39 is 35.3 Å². The molecule has 0 radical (unpaired) electrons. The number of methoxy groups -OCH3 is 1. The Kier molecular flexibility index (Phi) is 10.3. The number of amides is 2. The summed E-state index contributed by atoms with van der Waals surface area (Å²) in [7, 11) is 1.29. The van der Waals surface area contributed by atoms with Gasteiger partial charge in [0.25, 0.3) is 0 Å². The third-order valence-corrected chi connectivity index (χ3v) is 7.33. The van der Waals surface area contributed by atoms with Crippen molar-refractivity contribution >= 4 is 40.3 Å². The second-order valence-electron chi connectivity index (χ2n) is 13.2. The van der Waals surface area contributed by atoms with Gasteiger partial charge in [0.15, 0.2) is 0 Å². The molecule has 3 aromatic rings. The second-order valence-corrected chi connectivity index (χ2v) is 13.2. The standard InChI is InChI=1S/C35H43N5O6/c1-34(2,3)45-32(42)39-29(19-24-21-37-27-11-9-8-10-25(24)27)30(20-36)38-28-13-12-23(18-26(28)31(41)44-7)22-14-16-40(17-15-22)33(43)46-35(4,5)6/h8-14,18,21,29-30,37-38H,15-17,19H2,1-7H3,(H,39,42)/t29-,30?/m0/s1. The van der Waals surface area contributed by atoms with Gasteiger partial charge in [-0.25, -0.2) is 14.4 Å². The number of carbonyl (C=O) groups excluding carboxylic acids is 3. The lowest BCUT2D eigenvalue weighted by molar-refractivity contribution is 0.0270. The van der Waals surface area contributed by atoms with Gasteiger partial charge in [-0.05, 0) is 89.3 Å². The van der Waals surface area contributed by atoms with Crippen molar-refractivity contribution in [3.63, 3.8) is 0 Å². The smallest absolute Gasteiger partial charge is 0.410 e. The van der Waals surface area contributed by atoms with Gasteiger partial charge in [-0.2, -0.15) is 5.26 Å². The first kappa shape index (κ1) is 33.9. The van der Waals surface area contributed by atoms with Crippen molar-refractivity contribution in [2.45, 2.75) is 77.7 Å². The molecule has 1 unspecified atom stereocenters. The van der Waals surface area contributed by atoms with Gasteiger partial charge < -0.3 is 34.7 Å². The third kappa shape index (κ3) is 8.81. The number of hydrogen-bond acceptors (Lipinski definition) is 8.